The van der Waals surface area contributed by atoms with E-state index in [1.807, 2.05) is 42.6 Å². The minimum Gasteiger partial charge on any atom is -0.481 e. The van der Waals surface area contributed by atoms with Crippen molar-refractivity contribution in [1.82, 2.24) is 9.97 Å². The minimum absolute atomic E-state index is 0.616. The first-order chi connectivity index (χ1) is 9.86. The summed E-state index contributed by atoms with van der Waals surface area (Å²) in [5.74, 6) is 0.616. The normalized spacial score (nSPS) is 10.4. The van der Waals surface area contributed by atoms with Crippen LogP contribution in [0.15, 0.2) is 54.9 Å². The van der Waals surface area contributed by atoms with Gasteiger partial charge in [-0.15, -0.1) is 0 Å². The molecule has 0 spiro atoms. The Bertz CT molecular complexity index is 705. The summed E-state index contributed by atoms with van der Waals surface area (Å²) >= 11 is 0. The van der Waals surface area contributed by atoms with Crippen LogP contribution in [0.2, 0.25) is 0 Å². The third kappa shape index (κ3) is 2.54. The number of methoxy groups -OCH3 is 1. The van der Waals surface area contributed by atoms with E-state index in [0.29, 0.717) is 5.88 Å². The molecule has 2 heterocycles. The first-order valence-electron chi connectivity index (χ1n) is 6.43. The Morgan fingerprint density at radius 2 is 1.95 bits per heavy atom. The minimum atomic E-state index is 0.616. The van der Waals surface area contributed by atoms with Crippen LogP contribution in [0.1, 0.15) is 5.56 Å². The molecule has 4 nitrogen and oxygen atoms in total. The van der Waals surface area contributed by atoms with Gasteiger partial charge in [-0.1, -0.05) is 18.2 Å². The fourth-order valence-corrected chi connectivity index (χ4v) is 2.11. The quantitative estimate of drug-likeness (QED) is 0.786. The summed E-state index contributed by atoms with van der Waals surface area (Å²) in [6.45, 7) is 0.733. The molecule has 0 amide bonds. The topological polar surface area (TPSA) is 47.0 Å². The van der Waals surface area contributed by atoms with Crippen LogP contribution in [-0.2, 0) is 6.54 Å². The Labute approximate surface area is 117 Å². The van der Waals surface area contributed by atoms with Crippen LogP contribution >= 0.6 is 0 Å². The first kappa shape index (κ1) is 12.4. The summed E-state index contributed by atoms with van der Waals surface area (Å²) in [7, 11) is 1.61. The van der Waals surface area contributed by atoms with E-state index in [-0.39, 0.29) is 0 Å². The maximum atomic E-state index is 5.04. The van der Waals surface area contributed by atoms with Crippen molar-refractivity contribution in [3.63, 3.8) is 0 Å². The molecule has 0 aliphatic heterocycles. The summed E-state index contributed by atoms with van der Waals surface area (Å²) in [5.41, 5.74) is 3.19. The number of benzene rings is 1. The van der Waals surface area contributed by atoms with Gasteiger partial charge >= 0.3 is 0 Å². The van der Waals surface area contributed by atoms with Gasteiger partial charge in [0.15, 0.2) is 0 Å². The number of fused-ring (bicyclic) bond motifs is 1. The molecule has 20 heavy (non-hydrogen) atoms. The number of nitrogens with one attached hydrogen (secondary N) is 1. The summed E-state index contributed by atoms with van der Waals surface area (Å²) in [6, 6.07) is 14.0. The Hall–Kier alpha value is -2.62. The number of nitrogens with zero attached hydrogens (tertiary/aromatic N) is 2. The summed E-state index contributed by atoms with van der Waals surface area (Å²) in [6.07, 6.45) is 3.60. The average molecular weight is 265 g/mol. The van der Waals surface area contributed by atoms with Crippen molar-refractivity contribution in [1.29, 1.82) is 0 Å². The van der Waals surface area contributed by atoms with Crippen molar-refractivity contribution in [2.24, 2.45) is 0 Å². The Balaban J connectivity index is 1.79. The van der Waals surface area contributed by atoms with E-state index >= 15 is 0 Å². The third-order valence-electron chi connectivity index (χ3n) is 3.17. The number of ether oxygens (including phenoxy) is 1. The number of anilines is 1. The Morgan fingerprint density at radius 3 is 2.75 bits per heavy atom. The molecule has 0 saturated carbocycles. The van der Waals surface area contributed by atoms with Gasteiger partial charge in [0.25, 0.3) is 0 Å². The van der Waals surface area contributed by atoms with E-state index in [0.717, 1.165) is 17.7 Å². The molecule has 3 aromatic rings. The standard InChI is InChI=1S/C16H15N3O/c1-20-16-7-6-13(11-19-16)18-10-12-8-9-17-15-5-3-2-4-14(12)15/h2-9,11,18H,10H2,1H3. The highest BCUT2D eigenvalue weighted by molar-refractivity contribution is 5.82. The van der Waals surface area contributed by atoms with Crippen LogP contribution in [0.5, 0.6) is 5.88 Å². The van der Waals surface area contributed by atoms with Crippen molar-refractivity contribution in [3.8, 4) is 5.88 Å². The second-order valence-corrected chi connectivity index (χ2v) is 4.43. The Kier molecular flexibility index (Phi) is 3.46. The molecule has 1 aromatic carbocycles. The predicted molar refractivity (Wildman–Crippen MR) is 79.9 cm³/mol. The van der Waals surface area contributed by atoms with Gasteiger partial charge in [0.2, 0.25) is 5.88 Å². The molecule has 0 radical (unpaired) electrons. The van der Waals surface area contributed by atoms with Crippen molar-refractivity contribution in [3.05, 3.63) is 60.4 Å². The molecule has 0 aliphatic carbocycles. The predicted octanol–water partition coefficient (Wildman–Crippen LogP) is 3.25. The van der Waals surface area contributed by atoms with E-state index in [9.17, 15) is 0 Å². The van der Waals surface area contributed by atoms with Gasteiger partial charge < -0.3 is 10.1 Å². The highest BCUT2D eigenvalue weighted by Crippen LogP contribution is 2.18. The highest BCUT2D eigenvalue weighted by atomic mass is 16.5. The molecular formula is C16H15N3O. The largest absolute Gasteiger partial charge is 0.481 e. The maximum absolute atomic E-state index is 5.04. The van der Waals surface area contributed by atoms with Crippen LogP contribution in [-0.4, -0.2) is 17.1 Å². The van der Waals surface area contributed by atoms with E-state index in [1.165, 1.54) is 10.9 Å². The van der Waals surface area contributed by atoms with E-state index in [1.54, 1.807) is 13.3 Å². The lowest BCUT2D eigenvalue weighted by atomic mass is 10.1. The van der Waals surface area contributed by atoms with Crippen LogP contribution in [0.3, 0.4) is 0 Å². The summed E-state index contributed by atoms with van der Waals surface area (Å²) < 4.78 is 5.04. The lowest BCUT2D eigenvalue weighted by Crippen LogP contribution is -2.01. The van der Waals surface area contributed by atoms with E-state index < -0.39 is 0 Å². The second kappa shape index (κ2) is 5.57. The monoisotopic (exact) mass is 265 g/mol. The van der Waals surface area contributed by atoms with Gasteiger partial charge in [-0.3, -0.25) is 4.98 Å². The zero-order chi connectivity index (χ0) is 13.8. The molecule has 2 aromatic heterocycles. The lowest BCUT2D eigenvalue weighted by molar-refractivity contribution is 0.398. The summed E-state index contributed by atoms with van der Waals surface area (Å²) in [4.78, 5) is 8.54. The zero-order valence-corrected chi connectivity index (χ0v) is 11.2. The number of hydrogen-bond donors (Lipinski definition) is 1. The molecule has 0 atom stereocenters. The molecular weight excluding hydrogens is 250 g/mol. The van der Waals surface area contributed by atoms with Crippen molar-refractivity contribution in [2.75, 3.05) is 12.4 Å². The number of rotatable bonds is 4. The summed E-state index contributed by atoms with van der Waals surface area (Å²) in [5, 5.41) is 4.53. The fraction of sp³-hybridized carbons (Fsp3) is 0.125. The first-order valence-corrected chi connectivity index (χ1v) is 6.43. The van der Waals surface area contributed by atoms with Crippen LogP contribution in [0.4, 0.5) is 5.69 Å². The van der Waals surface area contributed by atoms with Crippen molar-refractivity contribution in [2.45, 2.75) is 6.54 Å². The molecule has 0 saturated heterocycles. The van der Waals surface area contributed by atoms with Crippen LogP contribution in [0.25, 0.3) is 10.9 Å². The lowest BCUT2D eigenvalue weighted by Gasteiger charge is -2.09. The van der Waals surface area contributed by atoms with Crippen molar-refractivity contribution < 1.29 is 4.74 Å². The second-order valence-electron chi connectivity index (χ2n) is 4.43. The fourth-order valence-electron chi connectivity index (χ4n) is 2.11. The number of aromatic nitrogens is 2. The van der Waals surface area contributed by atoms with Gasteiger partial charge in [0.05, 0.1) is 24.5 Å². The van der Waals surface area contributed by atoms with Crippen LogP contribution in [0, 0.1) is 0 Å². The van der Waals surface area contributed by atoms with E-state index in [2.05, 4.69) is 21.4 Å². The van der Waals surface area contributed by atoms with Gasteiger partial charge in [0, 0.05) is 24.2 Å². The smallest absolute Gasteiger partial charge is 0.213 e. The Morgan fingerprint density at radius 1 is 1.05 bits per heavy atom. The van der Waals surface area contributed by atoms with Gasteiger partial charge in [0.1, 0.15) is 0 Å². The van der Waals surface area contributed by atoms with Gasteiger partial charge in [-0.05, 0) is 23.8 Å². The number of pyridine rings is 2. The molecule has 4 heteroatoms. The zero-order valence-electron chi connectivity index (χ0n) is 11.2. The third-order valence-corrected chi connectivity index (χ3v) is 3.17. The number of para-hydroxylation sites is 1. The maximum Gasteiger partial charge on any atom is 0.213 e. The SMILES string of the molecule is COc1ccc(NCc2ccnc3ccccc23)cn1. The molecule has 0 unspecified atom stereocenters. The van der Waals surface area contributed by atoms with E-state index in [4.69, 9.17) is 4.74 Å². The van der Waals surface area contributed by atoms with Crippen LogP contribution < -0.4 is 10.1 Å². The average Bonchev–Trinajstić information content (AvgIpc) is 2.53. The van der Waals surface area contributed by atoms with Gasteiger partial charge in [-0.25, -0.2) is 4.98 Å². The molecule has 0 fully saturated rings. The molecule has 0 bridgehead atoms. The van der Waals surface area contributed by atoms with Gasteiger partial charge in [-0.2, -0.15) is 0 Å². The number of hydrogen-bond acceptors (Lipinski definition) is 4. The molecule has 0 aliphatic rings. The molecule has 1 N–H and O–H groups in total. The highest BCUT2D eigenvalue weighted by Gasteiger charge is 2.01. The van der Waals surface area contributed by atoms with Crippen molar-refractivity contribution >= 4 is 16.6 Å². The molecule has 3 rings (SSSR count). The molecule has 100 valence electrons.